The second-order valence-electron chi connectivity index (χ2n) is 5.01. The largest absolute Gasteiger partial charge is 0.392 e. The molecule has 3 atom stereocenters. The SMILES string of the molecule is CC(CCBr)CCN1CCC(C)C(O)C1. The summed E-state index contributed by atoms with van der Waals surface area (Å²) in [4.78, 5) is 2.41. The van der Waals surface area contributed by atoms with Gasteiger partial charge in [0, 0.05) is 11.9 Å². The Morgan fingerprint density at radius 2 is 2.20 bits per heavy atom. The average Bonchev–Trinajstić information content (AvgIpc) is 2.20. The zero-order chi connectivity index (χ0) is 11.3. The van der Waals surface area contributed by atoms with Crippen molar-refractivity contribution >= 4 is 15.9 Å². The Labute approximate surface area is 102 Å². The van der Waals surface area contributed by atoms with Crippen LogP contribution in [0, 0.1) is 11.8 Å². The van der Waals surface area contributed by atoms with Crippen LogP contribution in [0.2, 0.25) is 0 Å². The zero-order valence-corrected chi connectivity index (χ0v) is 11.5. The third-order valence-electron chi connectivity index (χ3n) is 3.54. The van der Waals surface area contributed by atoms with E-state index in [2.05, 4.69) is 34.7 Å². The van der Waals surface area contributed by atoms with Crippen molar-refractivity contribution in [1.82, 2.24) is 4.90 Å². The summed E-state index contributed by atoms with van der Waals surface area (Å²) < 4.78 is 0. The Morgan fingerprint density at radius 3 is 2.80 bits per heavy atom. The van der Waals surface area contributed by atoms with Gasteiger partial charge in [0.05, 0.1) is 6.10 Å². The molecule has 1 fully saturated rings. The highest BCUT2D eigenvalue weighted by molar-refractivity contribution is 9.09. The maximum absolute atomic E-state index is 9.77. The van der Waals surface area contributed by atoms with Gasteiger partial charge in [0.15, 0.2) is 0 Å². The maximum atomic E-state index is 9.77. The lowest BCUT2D eigenvalue weighted by molar-refractivity contribution is 0.0273. The maximum Gasteiger partial charge on any atom is 0.0693 e. The van der Waals surface area contributed by atoms with Crippen molar-refractivity contribution in [2.45, 2.75) is 39.2 Å². The number of hydrogen-bond acceptors (Lipinski definition) is 2. The van der Waals surface area contributed by atoms with Crippen LogP contribution < -0.4 is 0 Å². The molecule has 1 rings (SSSR count). The van der Waals surface area contributed by atoms with Crippen LogP contribution in [0.4, 0.5) is 0 Å². The minimum Gasteiger partial charge on any atom is -0.392 e. The lowest BCUT2D eigenvalue weighted by Gasteiger charge is -2.34. The van der Waals surface area contributed by atoms with E-state index in [1.165, 1.54) is 19.4 Å². The molecule has 0 radical (unpaired) electrons. The number of nitrogens with zero attached hydrogens (tertiary/aromatic N) is 1. The topological polar surface area (TPSA) is 23.5 Å². The fourth-order valence-electron chi connectivity index (χ4n) is 2.05. The van der Waals surface area contributed by atoms with Gasteiger partial charge in [-0.1, -0.05) is 29.8 Å². The average molecular weight is 278 g/mol. The van der Waals surface area contributed by atoms with Crippen molar-refractivity contribution in [2.24, 2.45) is 11.8 Å². The molecule has 0 amide bonds. The number of alkyl halides is 1. The lowest BCUT2D eigenvalue weighted by Crippen LogP contribution is -2.43. The van der Waals surface area contributed by atoms with E-state index in [1.807, 2.05) is 0 Å². The van der Waals surface area contributed by atoms with Crippen LogP contribution in [0.1, 0.15) is 33.1 Å². The molecule has 90 valence electrons. The summed E-state index contributed by atoms with van der Waals surface area (Å²) in [5.74, 6) is 1.28. The van der Waals surface area contributed by atoms with Crippen molar-refractivity contribution in [2.75, 3.05) is 25.0 Å². The van der Waals surface area contributed by atoms with E-state index in [9.17, 15) is 5.11 Å². The van der Waals surface area contributed by atoms with Crippen LogP contribution in [0.5, 0.6) is 0 Å². The summed E-state index contributed by atoms with van der Waals surface area (Å²) in [6, 6.07) is 0. The highest BCUT2D eigenvalue weighted by Gasteiger charge is 2.23. The minimum atomic E-state index is -0.106. The third-order valence-corrected chi connectivity index (χ3v) is 4.00. The predicted molar refractivity (Wildman–Crippen MR) is 68.4 cm³/mol. The van der Waals surface area contributed by atoms with Crippen molar-refractivity contribution in [1.29, 1.82) is 0 Å². The lowest BCUT2D eigenvalue weighted by atomic mass is 9.95. The van der Waals surface area contributed by atoms with Gasteiger partial charge in [-0.3, -0.25) is 0 Å². The van der Waals surface area contributed by atoms with Crippen LogP contribution >= 0.6 is 15.9 Å². The molecule has 3 unspecified atom stereocenters. The highest BCUT2D eigenvalue weighted by atomic mass is 79.9. The summed E-state index contributed by atoms with van der Waals surface area (Å²) in [5, 5.41) is 10.9. The molecular formula is C12H24BrNO. The Balaban J connectivity index is 2.16. The molecule has 15 heavy (non-hydrogen) atoms. The van der Waals surface area contributed by atoms with Gasteiger partial charge in [-0.15, -0.1) is 0 Å². The second kappa shape index (κ2) is 6.87. The number of rotatable bonds is 5. The number of halogens is 1. The molecule has 1 N–H and O–H groups in total. The van der Waals surface area contributed by atoms with E-state index in [-0.39, 0.29) is 6.10 Å². The summed E-state index contributed by atoms with van der Waals surface area (Å²) >= 11 is 3.48. The molecule has 1 aliphatic rings. The minimum absolute atomic E-state index is 0.106. The normalized spacial score (nSPS) is 30.4. The standard InChI is InChI=1S/C12H24BrNO/c1-10(3-6-13)4-7-14-8-5-11(2)12(15)9-14/h10-12,15H,3-9H2,1-2H3. The molecule has 0 bridgehead atoms. The Hall–Kier alpha value is 0.400. The van der Waals surface area contributed by atoms with Gasteiger partial charge < -0.3 is 10.0 Å². The molecule has 0 aromatic rings. The number of aliphatic hydroxyl groups excluding tert-OH is 1. The van der Waals surface area contributed by atoms with Crippen LogP contribution in [-0.4, -0.2) is 41.1 Å². The first-order valence-corrected chi connectivity index (χ1v) is 7.22. The Kier molecular flexibility index (Phi) is 6.17. The highest BCUT2D eigenvalue weighted by Crippen LogP contribution is 2.18. The fraction of sp³-hybridized carbons (Fsp3) is 1.00. The van der Waals surface area contributed by atoms with Gasteiger partial charge in [-0.05, 0) is 44.2 Å². The van der Waals surface area contributed by atoms with Crippen molar-refractivity contribution in [3.63, 3.8) is 0 Å². The number of hydrogen-bond donors (Lipinski definition) is 1. The van der Waals surface area contributed by atoms with Gasteiger partial charge in [-0.25, -0.2) is 0 Å². The summed E-state index contributed by atoms with van der Waals surface area (Å²) in [5.41, 5.74) is 0. The van der Waals surface area contributed by atoms with Gasteiger partial charge in [0.1, 0.15) is 0 Å². The molecule has 2 nitrogen and oxygen atoms in total. The van der Waals surface area contributed by atoms with E-state index in [4.69, 9.17) is 0 Å². The van der Waals surface area contributed by atoms with Crippen molar-refractivity contribution < 1.29 is 5.11 Å². The Bertz CT molecular complexity index is 177. The molecule has 0 aromatic heterocycles. The van der Waals surface area contributed by atoms with E-state index >= 15 is 0 Å². The summed E-state index contributed by atoms with van der Waals surface area (Å²) in [6.07, 6.45) is 3.55. The van der Waals surface area contributed by atoms with Crippen LogP contribution in [0.3, 0.4) is 0 Å². The summed E-state index contributed by atoms with van der Waals surface area (Å²) in [7, 11) is 0. The quantitative estimate of drug-likeness (QED) is 0.781. The van der Waals surface area contributed by atoms with E-state index in [1.54, 1.807) is 0 Å². The molecule has 0 saturated carbocycles. The van der Waals surface area contributed by atoms with Gasteiger partial charge in [0.25, 0.3) is 0 Å². The van der Waals surface area contributed by atoms with Crippen molar-refractivity contribution in [3.8, 4) is 0 Å². The number of β-amino-alcohol motifs (C(OH)–C–C–N with tert-alkyl or cyclic N) is 1. The summed E-state index contributed by atoms with van der Waals surface area (Å²) in [6.45, 7) is 7.65. The van der Waals surface area contributed by atoms with Crippen LogP contribution in [0.25, 0.3) is 0 Å². The fourth-order valence-corrected chi connectivity index (χ4v) is 2.83. The van der Waals surface area contributed by atoms with E-state index < -0.39 is 0 Å². The first kappa shape index (κ1) is 13.5. The number of aliphatic hydroxyl groups is 1. The van der Waals surface area contributed by atoms with Crippen molar-refractivity contribution in [3.05, 3.63) is 0 Å². The zero-order valence-electron chi connectivity index (χ0n) is 9.95. The number of piperidine rings is 1. The first-order valence-electron chi connectivity index (χ1n) is 6.10. The second-order valence-corrected chi connectivity index (χ2v) is 5.80. The smallest absolute Gasteiger partial charge is 0.0693 e. The van der Waals surface area contributed by atoms with Gasteiger partial charge in [0.2, 0.25) is 0 Å². The first-order chi connectivity index (χ1) is 7.13. The van der Waals surface area contributed by atoms with Crippen LogP contribution in [-0.2, 0) is 0 Å². The van der Waals surface area contributed by atoms with Gasteiger partial charge in [-0.2, -0.15) is 0 Å². The molecule has 0 aliphatic carbocycles. The monoisotopic (exact) mass is 277 g/mol. The molecule has 1 aliphatic heterocycles. The molecule has 3 heteroatoms. The predicted octanol–water partition coefficient (Wildman–Crippen LogP) is 2.50. The molecular weight excluding hydrogens is 254 g/mol. The Morgan fingerprint density at radius 1 is 1.47 bits per heavy atom. The van der Waals surface area contributed by atoms with Crippen LogP contribution in [0.15, 0.2) is 0 Å². The molecule has 1 saturated heterocycles. The molecule has 0 aromatic carbocycles. The van der Waals surface area contributed by atoms with E-state index in [0.29, 0.717) is 5.92 Å². The molecule has 1 heterocycles. The molecule has 0 spiro atoms. The number of likely N-dealkylation sites (tertiary alicyclic amines) is 1. The third kappa shape index (κ3) is 4.83. The van der Waals surface area contributed by atoms with Gasteiger partial charge >= 0.3 is 0 Å². The van der Waals surface area contributed by atoms with E-state index in [0.717, 1.165) is 30.8 Å².